The highest BCUT2D eigenvalue weighted by molar-refractivity contribution is 5.88. The number of aromatic nitrogens is 2. The molecule has 0 spiro atoms. The van der Waals surface area contributed by atoms with E-state index in [-0.39, 0.29) is 24.1 Å². The molecule has 0 saturated heterocycles. The zero-order chi connectivity index (χ0) is 16.7. The Kier molecular flexibility index (Phi) is 5.70. The third-order valence-electron chi connectivity index (χ3n) is 2.78. The van der Waals surface area contributed by atoms with Crippen molar-refractivity contribution < 1.29 is 14.5 Å². The van der Waals surface area contributed by atoms with Gasteiger partial charge in [0, 0.05) is 13.2 Å². The second-order valence-electron chi connectivity index (χ2n) is 4.64. The molecule has 5 N–H and O–H groups in total. The van der Waals surface area contributed by atoms with Gasteiger partial charge in [-0.05, 0) is 31.2 Å². The number of rotatable bonds is 6. The van der Waals surface area contributed by atoms with Crippen molar-refractivity contribution in [1.82, 2.24) is 9.97 Å². The third kappa shape index (κ3) is 5.11. The molecule has 8 nitrogen and oxygen atoms in total. The van der Waals surface area contributed by atoms with Crippen LogP contribution in [-0.4, -0.2) is 29.6 Å². The molecule has 0 radical (unpaired) electrons. The molecule has 0 aliphatic heterocycles. The minimum Gasteiger partial charge on any atom is -0.494 e. The van der Waals surface area contributed by atoms with Gasteiger partial charge >= 0.3 is 5.95 Å². The first-order valence-electron chi connectivity index (χ1n) is 7.09. The van der Waals surface area contributed by atoms with Crippen LogP contribution in [0.4, 0.5) is 11.6 Å². The summed E-state index contributed by atoms with van der Waals surface area (Å²) in [5.41, 5.74) is 6.87. The van der Waals surface area contributed by atoms with Crippen molar-refractivity contribution in [2.45, 2.75) is 13.5 Å². The van der Waals surface area contributed by atoms with Crippen LogP contribution in [0.5, 0.6) is 5.75 Å². The van der Waals surface area contributed by atoms with Gasteiger partial charge < -0.3 is 15.2 Å². The maximum Gasteiger partial charge on any atom is 0.325 e. The summed E-state index contributed by atoms with van der Waals surface area (Å²) >= 11 is 0. The molecule has 0 aliphatic rings. The third-order valence-corrected chi connectivity index (χ3v) is 2.78. The van der Waals surface area contributed by atoms with E-state index >= 15 is 0 Å². The van der Waals surface area contributed by atoms with Crippen LogP contribution >= 0.6 is 0 Å². The second kappa shape index (κ2) is 7.95. The van der Waals surface area contributed by atoms with Crippen LogP contribution in [0, 0.1) is 0 Å². The summed E-state index contributed by atoms with van der Waals surface area (Å²) in [5.74, 6) is 1.25. The molecule has 1 aromatic carbocycles. The lowest BCUT2D eigenvalue weighted by molar-refractivity contribution is -0.365. The van der Waals surface area contributed by atoms with Crippen molar-refractivity contribution in [1.29, 1.82) is 0 Å². The summed E-state index contributed by atoms with van der Waals surface area (Å²) in [7, 11) is 1.53. The Hall–Kier alpha value is -2.87. The van der Waals surface area contributed by atoms with Crippen LogP contribution < -0.4 is 26.3 Å². The van der Waals surface area contributed by atoms with Gasteiger partial charge in [-0.1, -0.05) is 0 Å². The summed E-state index contributed by atoms with van der Waals surface area (Å²) in [4.78, 5) is 21.1. The lowest BCUT2D eigenvalue weighted by Crippen LogP contribution is -2.73. The quantitative estimate of drug-likeness (QED) is 0.420. The number of H-pyrrole nitrogens is 1. The van der Waals surface area contributed by atoms with Crippen LogP contribution in [0.15, 0.2) is 35.1 Å². The van der Waals surface area contributed by atoms with Gasteiger partial charge in [0.15, 0.2) is 0 Å². The van der Waals surface area contributed by atoms with Crippen LogP contribution in [-0.2, 0) is 11.3 Å². The van der Waals surface area contributed by atoms with Crippen molar-refractivity contribution in [3.05, 3.63) is 46.4 Å². The molecule has 8 heteroatoms. The fourth-order valence-electron chi connectivity index (χ4n) is 1.90. The Morgan fingerprint density at radius 2 is 2.13 bits per heavy atom. The minimum atomic E-state index is -0.289. The van der Waals surface area contributed by atoms with Crippen molar-refractivity contribution in [3.8, 4) is 5.75 Å². The van der Waals surface area contributed by atoms with Crippen LogP contribution in [0.25, 0.3) is 0 Å². The van der Waals surface area contributed by atoms with Crippen molar-refractivity contribution in [3.63, 3.8) is 0 Å². The molecule has 0 atom stereocenters. The molecule has 1 heterocycles. The molecule has 0 bridgehead atoms. The number of nitrogens with zero attached hydrogens (tertiary/aromatic N) is 1. The first kappa shape index (κ1) is 16.5. The molecule has 0 aliphatic carbocycles. The van der Waals surface area contributed by atoms with Crippen LogP contribution in [0.3, 0.4) is 0 Å². The summed E-state index contributed by atoms with van der Waals surface area (Å²) in [6, 6.07) is 8.69. The summed E-state index contributed by atoms with van der Waals surface area (Å²) < 4.78 is 10.3. The number of aromatic amines is 1. The fraction of sp³-hybridized carbons (Fsp3) is 0.267. The molecule has 1 aromatic heterocycles. The van der Waals surface area contributed by atoms with Gasteiger partial charge in [0.1, 0.15) is 11.4 Å². The lowest BCUT2D eigenvalue weighted by Gasteiger charge is -2.05. The Morgan fingerprint density at radius 1 is 1.39 bits per heavy atom. The molecule has 0 fully saturated rings. The van der Waals surface area contributed by atoms with Crippen LogP contribution in [0.1, 0.15) is 12.6 Å². The number of hydrogen-bond acceptors (Lipinski definition) is 4. The van der Waals surface area contributed by atoms with Crippen molar-refractivity contribution in [2.75, 3.05) is 19.0 Å². The fourth-order valence-corrected chi connectivity index (χ4v) is 1.90. The van der Waals surface area contributed by atoms with Crippen molar-refractivity contribution in [2.24, 2.45) is 5.73 Å². The first-order chi connectivity index (χ1) is 11.1. The summed E-state index contributed by atoms with van der Waals surface area (Å²) in [6.45, 7) is 2.78. The number of anilines is 1. The molecular weight excluding hydrogens is 298 g/mol. The molecule has 122 valence electrons. The summed E-state index contributed by atoms with van der Waals surface area (Å²) in [5, 5.41) is 2.97. The van der Waals surface area contributed by atoms with E-state index in [1.54, 1.807) is 0 Å². The van der Waals surface area contributed by atoms with Crippen molar-refractivity contribution >= 4 is 17.6 Å². The van der Waals surface area contributed by atoms with Gasteiger partial charge in [-0.15, -0.1) is 4.98 Å². The van der Waals surface area contributed by atoms with Gasteiger partial charge in [0.2, 0.25) is 0 Å². The largest absolute Gasteiger partial charge is 0.494 e. The van der Waals surface area contributed by atoms with E-state index in [1.165, 1.54) is 13.2 Å². The minimum absolute atomic E-state index is 0.229. The highest BCUT2D eigenvalue weighted by atomic mass is 16.5. The van der Waals surface area contributed by atoms with E-state index in [2.05, 4.69) is 20.3 Å². The van der Waals surface area contributed by atoms with Crippen LogP contribution in [0.2, 0.25) is 0 Å². The zero-order valence-corrected chi connectivity index (χ0v) is 13.1. The molecule has 0 saturated carbocycles. The molecule has 2 rings (SSSR count). The first-order valence-corrected chi connectivity index (χ1v) is 7.09. The Balaban J connectivity index is 2.11. The summed E-state index contributed by atoms with van der Waals surface area (Å²) in [6.07, 6.45) is 0. The predicted octanol–water partition coefficient (Wildman–Crippen LogP) is -0.546. The number of guanidine groups is 1. The monoisotopic (exact) mass is 318 g/mol. The Morgan fingerprint density at radius 3 is 2.78 bits per heavy atom. The Bertz CT molecular complexity index is 725. The van der Waals surface area contributed by atoms with E-state index in [1.807, 2.05) is 31.2 Å². The highest BCUT2D eigenvalue weighted by Crippen LogP contribution is 2.14. The number of benzene rings is 1. The topological polar surface area (TPSA) is 116 Å². The molecule has 23 heavy (non-hydrogen) atoms. The number of ether oxygens (including phenoxy) is 2. The zero-order valence-electron chi connectivity index (χ0n) is 13.1. The lowest BCUT2D eigenvalue weighted by atomic mass is 10.3. The van der Waals surface area contributed by atoms with E-state index in [0.29, 0.717) is 12.3 Å². The SMILES string of the molecule is CCOc1ccc(NC(N)=[NH+]c2nc(COC)cc(=O)[nH]2)cc1. The molecular formula is C15H20N5O3+. The predicted molar refractivity (Wildman–Crippen MR) is 86.6 cm³/mol. The molecule has 2 aromatic rings. The van der Waals surface area contributed by atoms with E-state index in [9.17, 15) is 4.79 Å². The maximum atomic E-state index is 11.5. The highest BCUT2D eigenvalue weighted by Gasteiger charge is 2.06. The molecule has 0 amide bonds. The molecule has 0 unspecified atom stereocenters. The Labute approximate surface area is 133 Å². The smallest absolute Gasteiger partial charge is 0.325 e. The van der Waals surface area contributed by atoms with E-state index in [0.717, 1.165) is 11.4 Å². The van der Waals surface area contributed by atoms with Gasteiger partial charge in [-0.25, -0.2) is 9.98 Å². The van der Waals surface area contributed by atoms with Gasteiger partial charge in [-0.2, -0.15) is 0 Å². The number of nitrogens with one attached hydrogen (secondary N) is 3. The van der Waals surface area contributed by atoms with Gasteiger partial charge in [0.05, 0.1) is 18.9 Å². The average Bonchev–Trinajstić information content (AvgIpc) is 2.49. The second-order valence-corrected chi connectivity index (χ2v) is 4.64. The number of nitrogens with two attached hydrogens (primary N) is 1. The number of methoxy groups -OCH3 is 1. The maximum absolute atomic E-state index is 11.5. The van der Waals surface area contributed by atoms with E-state index < -0.39 is 0 Å². The standard InChI is InChI=1S/C15H19N5O3/c1-3-23-12-6-4-10(5-7-12)17-14(16)20-15-18-11(9-22-2)8-13(21)19-15/h4-8H,3,9H2,1-2H3,(H4,16,17,18,19,20,21)/p+1. The van der Waals surface area contributed by atoms with Gasteiger partial charge in [-0.3, -0.25) is 10.1 Å². The van der Waals surface area contributed by atoms with Gasteiger partial charge in [0.25, 0.3) is 11.5 Å². The average molecular weight is 318 g/mol. The van der Waals surface area contributed by atoms with E-state index in [4.69, 9.17) is 15.2 Å². The number of hydrogen-bond donors (Lipinski definition) is 4. The normalized spacial score (nSPS) is 11.3.